The van der Waals surface area contributed by atoms with Crippen molar-refractivity contribution in [2.45, 2.75) is 6.92 Å². The predicted octanol–water partition coefficient (Wildman–Crippen LogP) is 2.86. The second kappa shape index (κ2) is 7.90. The van der Waals surface area contributed by atoms with Crippen LogP contribution in [-0.4, -0.2) is 56.9 Å². The molecular weight excluding hydrogens is 376 g/mol. The number of piperazine rings is 1. The Morgan fingerprint density at radius 1 is 0.964 bits per heavy atom. The topological polar surface area (TPSA) is 75.1 Å². The first-order chi connectivity index (χ1) is 13.6. The highest BCUT2D eigenvalue weighted by Crippen LogP contribution is 2.21. The number of hydrogen-bond acceptors (Lipinski definition) is 6. The Balaban J connectivity index is 1.44. The summed E-state index contributed by atoms with van der Waals surface area (Å²) in [6, 6.07) is 9.35. The maximum atomic E-state index is 12.6. The lowest BCUT2D eigenvalue weighted by Crippen LogP contribution is -2.49. The van der Waals surface area contributed by atoms with Crippen LogP contribution in [0.25, 0.3) is 11.4 Å². The van der Waals surface area contributed by atoms with Gasteiger partial charge in [-0.15, -0.1) is 0 Å². The van der Waals surface area contributed by atoms with Crippen LogP contribution in [0.1, 0.15) is 16.2 Å². The van der Waals surface area contributed by atoms with Crippen molar-refractivity contribution in [2.75, 3.05) is 31.1 Å². The Morgan fingerprint density at radius 3 is 2.39 bits per heavy atom. The minimum absolute atomic E-state index is 0.0864. The van der Waals surface area contributed by atoms with Crippen molar-refractivity contribution < 1.29 is 4.79 Å². The summed E-state index contributed by atoms with van der Waals surface area (Å²) in [7, 11) is 0. The fourth-order valence-electron chi connectivity index (χ4n) is 3.07. The summed E-state index contributed by atoms with van der Waals surface area (Å²) in [5.41, 5.74) is 2.09. The molecule has 1 fully saturated rings. The Labute approximate surface area is 168 Å². The van der Waals surface area contributed by atoms with Crippen LogP contribution in [0.15, 0.2) is 48.9 Å². The molecule has 0 radical (unpaired) electrons. The molecule has 1 amide bonds. The maximum absolute atomic E-state index is 12.6. The van der Waals surface area contributed by atoms with Crippen LogP contribution in [0.3, 0.4) is 0 Å². The molecule has 1 aliphatic rings. The highest BCUT2D eigenvalue weighted by Gasteiger charge is 2.24. The molecule has 0 aliphatic carbocycles. The van der Waals surface area contributed by atoms with Crippen molar-refractivity contribution in [1.82, 2.24) is 24.8 Å². The fourth-order valence-corrected chi connectivity index (χ4v) is 3.19. The fraction of sp³-hybridized carbons (Fsp3) is 0.250. The van der Waals surface area contributed by atoms with Gasteiger partial charge in [-0.2, -0.15) is 0 Å². The third-order valence-electron chi connectivity index (χ3n) is 4.63. The maximum Gasteiger partial charge on any atom is 0.274 e. The van der Waals surface area contributed by atoms with Crippen LogP contribution in [0.2, 0.25) is 5.02 Å². The molecule has 0 spiro atoms. The second-order valence-electron chi connectivity index (χ2n) is 6.57. The van der Waals surface area contributed by atoms with Crippen LogP contribution in [0, 0.1) is 6.92 Å². The number of aryl methyl sites for hydroxylation is 1. The number of aromatic nitrogens is 4. The molecular formula is C20H19ClN6O. The number of carbonyl (C=O) groups excluding carboxylic acids is 1. The molecule has 3 aromatic rings. The van der Waals surface area contributed by atoms with Crippen LogP contribution >= 0.6 is 11.6 Å². The molecule has 1 aliphatic heterocycles. The van der Waals surface area contributed by atoms with E-state index in [0.717, 1.165) is 17.1 Å². The minimum Gasteiger partial charge on any atom is -0.353 e. The van der Waals surface area contributed by atoms with Crippen molar-refractivity contribution in [3.63, 3.8) is 0 Å². The summed E-state index contributed by atoms with van der Waals surface area (Å²) in [5, 5.41) is 0.680. The van der Waals surface area contributed by atoms with Gasteiger partial charge < -0.3 is 9.80 Å². The monoisotopic (exact) mass is 394 g/mol. The third-order valence-corrected chi connectivity index (χ3v) is 4.89. The van der Waals surface area contributed by atoms with Gasteiger partial charge in [0.05, 0.1) is 11.9 Å². The Kier molecular flexibility index (Phi) is 5.16. The molecule has 3 heterocycles. The van der Waals surface area contributed by atoms with Gasteiger partial charge in [0.2, 0.25) is 0 Å². The largest absolute Gasteiger partial charge is 0.353 e. The van der Waals surface area contributed by atoms with Crippen LogP contribution in [-0.2, 0) is 0 Å². The first kappa shape index (κ1) is 18.3. The lowest BCUT2D eigenvalue weighted by atomic mass is 10.2. The summed E-state index contributed by atoms with van der Waals surface area (Å²) in [6.45, 7) is 4.45. The zero-order chi connectivity index (χ0) is 19.5. The van der Waals surface area contributed by atoms with E-state index in [1.807, 2.05) is 37.3 Å². The molecule has 2 aromatic heterocycles. The average Bonchev–Trinajstić information content (AvgIpc) is 2.74. The van der Waals surface area contributed by atoms with Crippen LogP contribution < -0.4 is 4.90 Å². The summed E-state index contributed by atoms with van der Waals surface area (Å²) < 4.78 is 0. The van der Waals surface area contributed by atoms with Crippen molar-refractivity contribution in [2.24, 2.45) is 0 Å². The summed E-state index contributed by atoms with van der Waals surface area (Å²) in [5.74, 6) is 1.42. The van der Waals surface area contributed by atoms with Gasteiger partial charge in [-0.25, -0.2) is 15.0 Å². The van der Waals surface area contributed by atoms with E-state index in [1.165, 1.54) is 6.20 Å². The average molecular weight is 395 g/mol. The molecule has 1 aromatic carbocycles. The first-order valence-electron chi connectivity index (χ1n) is 9.02. The smallest absolute Gasteiger partial charge is 0.274 e. The van der Waals surface area contributed by atoms with Crippen LogP contribution in [0.5, 0.6) is 0 Å². The third kappa shape index (κ3) is 3.94. The number of amides is 1. The lowest BCUT2D eigenvalue weighted by molar-refractivity contribution is 0.0740. The number of benzene rings is 1. The molecule has 0 saturated carbocycles. The van der Waals surface area contributed by atoms with Crippen molar-refractivity contribution in [1.29, 1.82) is 0 Å². The molecule has 7 nitrogen and oxygen atoms in total. The van der Waals surface area contributed by atoms with E-state index in [4.69, 9.17) is 11.6 Å². The van der Waals surface area contributed by atoms with E-state index in [2.05, 4.69) is 24.8 Å². The summed E-state index contributed by atoms with van der Waals surface area (Å²) in [6.07, 6.45) is 4.90. The lowest BCUT2D eigenvalue weighted by Gasteiger charge is -2.35. The van der Waals surface area contributed by atoms with E-state index in [9.17, 15) is 4.79 Å². The number of halogens is 1. The SMILES string of the molecule is Cc1cnc(C(=O)N2CCN(c3ccnc(-c4ccc(Cl)cc4)n3)CC2)cn1. The van der Waals surface area contributed by atoms with E-state index in [-0.39, 0.29) is 5.91 Å². The Bertz CT molecular complexity index is 969. The van der Waals surface area contributed by atoms with Crippen molar-refractivity contribution >= 4 is 23.3 Å². The zero-order valence-electron chi connectivity index (χ0n) is 15.4. The van der Waals surface area contributed by atoms with Gasteiger partial charge in [-0.1, -0.05) is 11.6 Å². The van der Waals surface area contributed by atoms with Crippen LogP contribution in [0.4, 0.5) is 5.82 Å². The molecule has 0 atom stereocenters. The highest BCUT2D eigenvalue weighted by atomic mass is 35.5. The minimum atomic E-state index is -0.0864. The first-order valence-corrected chi connectivity index (χ1v) is 9.40. The molecule has 0 unspecified atom stereocenters. The Morgan fingerprint density at radius 2 is 1.71 bits per heavy atom. The van der Waals surface area contributed by atoms with E-state index in [0.29, 0.717) is 42.7 Å². The van der Waals surface area contributed by atoms with Gasteiger partial charge in [0.15, 0.2) is 5.82 Å². The van der Waals surface area contributed by atoms with E-state index < -0.39 is 0 Å². The number of anilines is 1. The number of nitrogens with zero attached hydrogens (tertiary/aromatic N) is 6. The molecule has 4 rings (SSSR count). The predicted molar refractivity (Wildman–Crippen MR) is 107 cm³/mol. The van der Waals surface area contributed by atoms with Gasteiger partial charge in [0.1, 0.15) is 11.5 Å². The van der Waals surface area contributed by atoms with Gasteiger partial charge in [-0.3, -0.25) is 9.78 Å². The molecule has 0 bridgehead atoms. The van der Waals surface area contributed by atoms with Gasteiger partial charge in [0, 0.05) is 49.2 Å². The molecule has 28 heavy (non-hydrogen) atoms. The second-order valence-corrected chi connectivity index (χ2v) is 7.00. The molecule has 142 valence electrons. The van der Waals surface area contributed by atoms with Gasteiger partial charge in [-0.05, 0) is 37.3 Å². The number of hydrogen-bond donors (Lipinski definition) is 0. The Hall–Kier alpha value is -3.06. The van der Waals surface area contributed by atoms with E-state index >= 15 is 0 Å². The normalized spacial score (nSPS) is 14.2. The van der Waals surface area contributed by atoms with Crippen molar-refractivity contribution in [3.8, 4) is 11.4 Å². The van der Waals surface area contributed by atoms with Gasteiger partial charge in [0.25, 0.3) is 5.91 Å². The zero-order valence-corrected chi connectivity index (χ0v) is 16.2. The molecule has 0 N–H and O–H groups in total. The standard InChI is InChI=1S/C20H19ClN6O/c1-14-12-24-17(13-23-14)20(28)27-10-8-26(9-11-27)18-6-7-22-19(25-18)15-2-4-16(21)5-3-15/h2-7,12-13H,8-11H2,1H3. The quantitative estimate of drug-likeness (QED) is 0.680. The highest BCUT2D eigenvalue weighted by molar-refractivity contribution is 6.30. The van der Waals surface area contributed by atoms with Gasteiger partial charge >= 0.3 is 0 Å². The number of rotatable bonds is 3. The number of carbonyl (C=O) groups is 1. The summed E-state index contributed by atoms with van der Waals surface area (Å²) in [4.78, 5) is 33.9. The van der Waals surface area contributed by atoms with Crippen molar-refractivity contribution in [3.05, 3.63) is 65.3 Å². The molecule has 8 heteroatoms. The molecule has 1 saturated heterocycles. The van der Waals surface area contributed by atoms with E-state index in [1.54, 1.807) is 17.3 Å². The summed E-state index contributed by atoms with van der Waals surface area (Å²) >= 11 is 5.95.